The molecule has 17 heavy (non-hydrogen) atoms. The minimum absolute atomic E-state index is 0.457. The number of rotatable bonds is 7. The Balaban J connectivity index is 4.64. The Morgan fingerprint density at radius 3 is 1.82 bits per heavy atom. The van der Waals surface area contributed by atoms with E-state index in [0.29, 0.717) is 12.4 Å². The minimum Gasteiger partial charge on any atom is -0.545 e. The van der Waals surface area contributed by atoms with E-state index >= 15 is 0 Å². The summed E-state index contributed by atoms with van der Waals surface area (Å²) in [7, 11) is -1.56. The molecule has 0 bridgehead atoms. The second-order valence-electron chi connectivity index (χ2n) is 5.94. The van der Waals surface area contributed by atoms with Gasteiger partial charge in [-0.2, -0.15) is 0 Å². The minimum atomic E-state index is -1.62. The molecule has 0 unspecified atom stereocenters. The molecule has 0 spiro atoms. The maximum atomic E-state index is 5.91. The van der Waals surface area contributed by atoms with Crippen molar-refractivity contribution in [3.05, 3.63) is 24.2 Å². The van der Waals surface area contributed by atoms with Gasteiger partial charge in [-0.25, -0.2) is 0 Å². The Bertz CT molecular complexity index is 285. The van der Waals surface area contributed by atoms with E-state index < -0.39 is 16.6 Å². The summed E-state index contributed by atoms with van der Waals surface area (Å²) in [6.45, 7) is 17.2. The fourth-order valence-corrected chi connectivity index (χ4v) is 2.99. The van der Waals surface area contributed by atoms with Crippen LogP contribution in [0.2, 0.25) is 39.3 Å². The second-order valence-corrected chi connectivity index (χ2v) is 14.8. The van der Waals surface area contributed by atoms with E-state index in [0.717, 1.165) is 5.76 Å². The summed E-state index contributed by atoms with van der Waals surface area (Å²) in [5.74, 6) is 1.46. The van der Waals surface area contributed by atoms with Gasteiger partial charge in [0.1, 0.15) is 12.4 Å². The van der Waals surface area contributed by atoms with Crippen molar-refractivity contribution in [3.63, 3.8) is 0 Å². The number of allylic oxidation sites excluding steroid dienone is 1. The summed E-state index contributed by atoms with van der Waals surface area (Å²) in [6.07, 6.45) is 1.85. The van der Waals surface area contributed by atoms with E-state index in [1.165, 1.54) is 0 Å². The van der Waals surface area contributed by atoms with Crippen molar-refractivity contribution in [2.75, 3.05) is 13.7 Å². The van der Waals surface area contributed by atoms with Gasteiger partial charge in [-0.15, -0.1) is 0 Å². The van der Waals surface area contributed by atoms with E-state index in [4.69, 9.17) is 13.6 Å². The molecule has 0 N–H and O–H groups in total. The molecule has 0 radical (unpaired) electrons. The highest BCUT2D eigenvalue weighted by Gasteiger charge is 2.19. The van der Waals surface area contributed by atoms with Crippen molar-refractivity contribution in [1.29, 1.82) is 0 Å². The van der Waals surface area contributed by atoms with E-state index in [2.05, 4.69) is 45.9 Å². The van der Waals surface area contributed by atoms with Crippen molar-refractivity contribution in [2.24, 2.45) is 0 Å². The van der Waals surface area contributed by atoms with Crippen LogP contribution in [0, 0.1) is 0 Å². The fraction of sp³-hybridized carbons (Fsp3) is 0.667. The molecule has 0 atom stereocenters. The van der Waals surface area contributed by atoms with Crippen LogP contribution in [0.5, 0.6) is 0 Å². The number of hydrogen-bond acceptors (Lipinski definition) is 3. The first kappa shape index (κ1) is 16.5. The molecule has 0 fully saturated rings. The Morgan fingerprint density at radius 1 is 1.00 bits per heavy atom. The molecule has 5 heteroatoms. The Kier molecular flexibility index (Phi) is 6.22. The van der Waals surface area contributed by atoms with Gasteiger partial charge in [-0.3, -0.25) is 0 Å². The first-order chi connectivity index (χ1) is 7.53. The molecule has 0 saturated carbocycles. The van der Waals surface area contributed by atoms with Crippen LogP contribution in [0.25, 0.3) is 0 Å². The van der Waals surface area contributed by atoms with Gasteiger partial charge in [0.05, 0.1) is 5.76 Å². The van der Waals surface area contributed by atoms with Crippen LogP contribution in [0.1, 0.15) is 0 Å². The quantitative estimate of drug-likeness (QED) is 0.402. The van der Waals surface area contributed by atoms with Crippen molar-refractivity contribution < 1.29 is 13.6 Å². The number of ether oxygens (including phenoxy) is 1. The van der Waals surface area contributed by atoms with Gasteiger partial charge < -0.3 is 13.6 Å². The van der Waals surface area contributed by atoms with Crippen molar-refractivity contribution >= 4 is 16.6 Å². The van der Waals surface area contributed by atoms with Crippen LogP contribution >= 0.6 is 0 Å². The lowest BCUT2D eigenvalue weighted by atomic mass is 10.4. The van der Waals surface area contributed by atoms with E-state index in [-0.39, 0.29) is 0 Å². The zero-order valence-electron chi connectivity index (χ0n) is 12.2. The van der Waals surface area contributed by atoms with Crippen LogP contribution in [0.15, 0.2) is 24.2 Å². The van der Waals surface area contributed by atoms with Gasteiger partial charge in [-0.05, 0) is 39.3 Å². The van der Waals surface area contributed by atoms with Crippen molar-refractivity contribution in [1.82, 2.24) is 0 Å². The Hall–Kier alpha value is -0.526. The number of methoxy groups -OCH3 is 1. The summed E-state index contributed by atoms with van der Waals surface area (Å²) in [5, 5.41) is 0. The fourth-order valence-electron chi connectivity index (χ4n) is 1.24. The van der Waals surface area contributed by atoms with Gasteiger partial charge in [0.25, 0.3) is 0 Å². The standard InChI is InChI=1S/C12H26O3Si2/c1-11(14-16(3,4)5)9-12(10-13-2)15-17(6,7)8/h9H,1,10H2,2-8H3/b12-9-. The van der Waals surface area contributed by atoms with Gasteiger partial charge in [0.2, 0.25) is 16.6 Å². The Labute approximate surface area is 108 Å². The smallest absolute Gasteiger partial charge is 0.242 e. The molecule has 100 valence electrons. The highest BCUT2D eigenvalue weighted by molar-refractivity contribution is 6.70. The van der Waals surface area contributed by atoms with Crippen LogP contribution in [0.3, 0.4) is 0 Å². The average molecular weight is 275 g/mol. The molecule has 0 saturated heterocycles. The largest absolute Gasteiger partial charge is 0.545 e. The maximum Gasteiger partial charge on any atom is 0.242 e. The van der Waals surface area contributed by atoms with Crippen LogP contribution in [-0.4, -0.2) is 30.4 Å². The maximum absolute atomic E-state index is 5.91. The summed E-state index contributed by atoms with van der Waals surface area (Å²) in [5.41, 5.74) is 0. The first-order valence-electron chi connectivity index (χ1n) is 5.80. The molecule has 0 aromatic heterocycles. The lowest BCUT2D eigenvalue weighted by molar-refractivity contribution is 0.186. The monoisotopic (exact) mass is 274 g/mol. The Morgan fingerprint density at radius 2 is 1.47 bits per heavy atom. The van der Waals surface area contributed by atoms with Gasteiger partial charge in [0.15, 0.2) is 0 Å². The molecule has 0 heterocycles. The lowest BCUT2D eigenvalue weighted by Crippen LogP contribution is -2.27. The van der Waals surface area contributed by atoms with Crippen LogP contribution in [-0.2, 0) is 13.6 Å². The third kappa shape index (κ3) is 10.4. The molecule has 3 nitrogen and oxygen atoms in total. The lowest BCUT2D eigenvalue weighted by Gasteiger charge is -2.23. The van der Waals surface area contributed by atoms with Gasteiger partial charge in [-0.1, -0.05) is 6.58 Å². The molecule has 0 aromatic rings. The normalized spacial score (nSPS) is 13.5. The zero-order valence-corrected chi connectivity index (χ0v) is 14.2. The van der Waals surface area contributed by atoms with Crippen LogP contribution in [0.4, 0.5) is 0 Å². The van der Waals surface area contributed by atoms with Gasteiger partial charge in [0, 0.05) is 13.2 Å². The third-order valence-corrected chi connectivity index (χ3v) is 3.23. The molecule has 0 aliphatic carbocycles. The molecular formula is C12H26O3Si2. The predicted molar refractivity (Wildman–Crippen MR) is 78.0 cm³/mol. The highest BCUT2D eigenvalue weighted by Crippen LogP contribution is 2.15. The average Bonchev–Trinajstić information content (AvgIpc) is 1.95. The molecule has 0 aliphatic heterocycles. The summed E-state index contributed by atoms with van der Waals surface area (Å²) in [4.78, 5) is 0. The SMILES string of the molecule is C=C(/C=C(/COC)O[Si](C)(C)C)O[Si](C)(C)C. The van der Waals surface area contributed by atoms with Crippen LogP contribution < -0.4 is 0 Å². The summed E-state index contributed by atoms with van der Waals surface area (Å²) in [6, 6.07) is 0. The van der Waals surface area contributed by atoms with E-state index in [1.807, 2.05) is 6.08 Å². The first-order valence-corrected chi connectivity index (χ1v) is 12.6. The van der Waals surface area contributed by atoms with E-state index in [1.54, 1.807) is 7.11 Å². The van der Waals surface area contributed by atoms with Gasteiger partial charge >= 0.3 is 0 Å². The molecular weight excluding hydrogens is 248 g/mol. The van der Waals surface area contributed by atoms with Crippen molar-refractivity contribution in [2.45, 2.75) is 39.3 Å². The second kappa shape index (κ2) is 6.42. The molecule has 0 aliphatic rings. The predicted octanol–water partition coefficient (Wildman–Crippen LogP) is 3.73. The zero-order chi connectivity index (χ0) is 13.7. The summed E-state index contributed by atoms with van der Waals surface area (Å²) >= 11 is 0. The summed E-state index contributed by atoms with van der Waals surface area (Å²) < 4.78 is 16.8. The molecule has 0 rings (SSSR count). The highest BCUT2D eigenvalue weighted by atomic mass is 28.4. The number of hydrogen-bond donors (Lipinski definition) is 0. The third-order valence-electron chi connectivity index (χ3n) is 1.48. The molecule has 0 aromatic carbocycles. The van der Waals surface area contributed by atoms with Crippen molar-refractivity contribution in [3.8, 4) is 0 Å². The van der Waals surface area contributed by atoms with E-state index in [9.17, 15) is 0 Å². The molecule has 0 amide bonds. The topological polar surface area (TPSA) is 27.7 Å².